The third-order valence-electron chi connectivity index (χ3n) is 2.62. The van der Waals surface area contributed by atoms with Gasteiger partial charge in [0, 0.05) is 6.04 Å². The molecule has 0 heterocycles. The van der Waals surface area contributed by atoms with Gasteiger partial charge in [0.25, 0.3) is 0 Å². The molecule has 1 heteroatoms. The average molecular weight is 169 g/mol. The summed E-state index contributed by atoms with van der Waals surface area (Å²) >= 11 is 0. The summed E-state index contributed by atoms with van der Waals surface area (Å²) in [5.41, 5.74) is 0. The van der Waals surface area contributed by atoms with E-state index in [1.165, 1.54) is 32.2 Å². The second-order valence-corrected chi connectivity index (χ2v) is 4.59. The van der Waals surface area contributed by atoms with Gasteiger partial charge in [0.2, 0.25) is 0 Å². The van der Waals surface area contributed by atoms with E-state index in [4.69, 9.17) is 0 Å². The maximum absolute atomic E-state index is 3.64. The van der Waals surface area contributed by atoms with E-state index in [0.29, 0.717) is 0 Å². The highest BCUT2D eigenvalue weighted by molar-refractivity contribution is 4.79. The third-order valence-corrected chi connectivity index (χ3v) is 2.62. The normalized spacial score (nSPS) is 20.0. The van der Waals surface area contributed by atoms with Crippen LogP contribution in [0.25, 0.3) is 0 Å². The van der Waals surface area contributed by atoms with Crippen LogP contribution in [0, 0.1) is 11.8 Å². The van der Waals surface area contributed by atoms with Gasteiger partial charge in [-0.05, 0) is 31.2 Å². The molecule has 1 fully saturated rings. The Kier molecular flexibility index (Phi) is 4.07. The zero-order valence-electron chi connectivity index (χ0n) is 8.77. The zero-order chi connectivity index (χ0) is 8.97. The van der Waals surface area contributed by atoms with E-state index in [1.54, 1.807) is 0 Å². The molecule has 1 aliphatic carbocycles. The second kappa shape index (κ2) is 4.86. The van der Waals surface area contributed by atoms with Crippen LogP contribution < -0.4 is 5.32 Å². The lowest BCUT2D eigenvalue weighted by molar-refractivity contribution is 0.416. The Hall–Kier alpha value is -0.0400. The molecule has 0 aromatic carbocycles. The van der Waals surface area contributed by atoms with Gasteiger partial charge < -0.3 is 5.32 Å². The predicted octanol–water partition coefficient (Wildman–Crippen LogP) is 2.81. The van der Waals surface area contributed by atoms with Crippen molar-refractivity contribution in [2.45, 2.75) is 52.5 Å². The van der Waals surface area contributed by atoms with Gasteiger partial charge in [-0.2, -0.15) is 0 Å². The minimum Gasteiger partial charge on any atom is -0.314 e. The summed E-state index contributed by atoms with van der Waals surface area (Å²) in [6, 6.07) is 0.792. The van der Waals surface area contributed by atoms with Crippen molar-refractivity contribution < 1.29 is 0 Å². The molecule has 0 aromatic heterocycles. The summed E-state index contributed by atoms with van der Waals surface area (Å²) in [5, 5.41) is 3.64. The van der Waals surface area contributed by atoms with Crippen molar-refractivity contribution in [3.05, 3.63) is 0 Å². The standard InChI is InChI=1S/C11H23N/c1-4-11(7-10-5-6-10)12-8-9(2)3/h9-12H,4-8H2,1-3H3. The molecule has 1 rings (SSSR count). The van der Waals surface area contributed by atoms with Crippen molar-refractivity contribution in [1.29, 1.82) is 0 Å². The van der Waals surface area contributed by atoms with Gasteiger partial charge in [0.1, 0.15) is 0 Å². The van der Waals surface area contributed by atoms with Crippen LogP contribution in [0.2, 0.25) is 0 Å². The van der Waals surface area contributed by atoms with Crippen molar-refractivity contribution >= 4 is 0 Å². The minimum atomic E-state index is 0.790. The lowest BCUT2D eigenvalue weighted by Crippen LogP contribution is -2.31. The van der Waals surface area contributed by atoms with Crippen molar-refractivity contribution in [3.63, 3.8) is 0 Å². The molecular weight excluding hydrogens is 146 g/mol. The van der Waals surface area contributed by atoms with E-state index in [-0.39, 0.29) is 0 Å². The molecular formula is C11H23N. The third kappa shape index (κ3) is 4.10. The molecule has 1 atom stereocenters. The SMILES string of the molecule is CCC(CC1CC1)NCC(C)C. The smallest absolute Gasteiger partial charge is 0.00671 e. The first kappa shape index (κ1) is 10.0. The molecule has 1 unspecified atom stereocenters. The average Bonchev–Trinajstić information content (AvgIpc) is 2.81. The van der Waals surface area contributed by atoms with E-state index < -0.39 is 0 Å². The van der Waals surface area contributed by atoms with Crippen LogP contribution in [0.15, 0.2) is 0 Å². The molecule has 0 saturated heterocycles. The Morgan fingerprint density at radius 3 is 2.42 bits per heavy atom. The molecule has 0 bridgehead atoms. The Labute approximate surface area is 76.9 Å². The molecule has 1 nitrogen and oxygen atoms in total. The van der Waals surface area contributed by atoms with Crippen LogP contribution in [0.5, 0.6) is 0 Å². The summed E-state index contributed by atoms with van der Waals surface area (Å²) in [6.45, 7) is 8.03. The minimum absolute atomic E-state index is 0.790. The fraction of sp³-hybridized carbons (Fsp3) is 1.00. The molecule has 0 radical (unpaired) electrons. The van der Waals surface area contributed by atoms with Gasteiger partial charge in [-0.25, -0.2) is 0 Å². The first-order valence-electron chi connectivity index (χ1n) is 5.45. The van der Waals surface area contributed by atoms with Gasteiger partial charge in [-0.1, -0.05) is 33.6 Å². The van der Waals surface area contributed by atoms with Gasteiger partial charge in [-0.3, -0.25) is 0 Å². The molecule has 72 valence electrons. The highest BCUT2D eigenvalue weighted by atomic mass is 14.9. The number of nitrogens with one attached hydrogen (secondary N) is 1. The molecule has 0 spiro atoms. The molecule has 0 aromatic rings. The Morgan fingerprint density at radius 2 is 2.00 bits per heavy atom. The van der Waals surface area contributed by atoms with Gasteiger partial charge in [-0.15, -0.1) is 0 Å². The maximum Gasteiger partial charge on any atom is 0.00671 e. The van der Waals surface area contributed by atoms with Crippen molar-refractivity contribution in [3.8, 4) is 0 Å². The lowest BCUT2D eigenvalue weighted by Gasteiger charge is -2.17. The van der Waals surface area contributed by atoms with E-state index >= 15 is 0 Å². The second-order valence-electron chi connectivity index (χ2n) is 4.59. The van der Waals surface area contributed by atoms with E-state index in [0.717, 1.165) is 17.9 Å². The summed E-state index contributed by atoms with van der Waals surface area (Å²) < 4.78 is 0. The predicted molar refractivity (Wildman–Crippen MR) is 54.3 cm³/mol. The summed E-state index contributed by atoms with van der Waals surface area (Å²) in [6.07, 6.45) is 5.69. The maximum atomic E-state index is 3.64. The first-order chi connectivity index (χ1) is 5.72. The quantitative estimate of drug-likeness (QED) is 0.644. The van der Waals surface area contributed by atoms with Crippen molar-refractivity contribution in [1.82, 2.24) is 5.32 Å². The van der Waals surface area contributed by atoms with Crippen LogP contribution in [-0.4, -0.2) is 12.6 Å². The van der Waals surface area contributed by atoms with Crippen molar-refractivity contribution in [2.75, 3.05) is 6.54 Å². The topological polar surface area (TPSA) is 12.0 Å². The molecule has 12 heavy (non-hydrogen) atoms. The number of rotatable bonds is 6. The zero-order valence-corrected chi connectivity index (χ0v) is 8.77. The van der Waals surface area contributed by atoms with Crippen LogP contribution in [0.1, 0.15) is 46.5 Å². The Morgan fingerprint density at radius 1 is 1.33 bits per heavy atom. The van der Waals surface area contributed by atoms with Gasteiger partial charge >= 0.3 is 0 Å². The fourth-order valence-corrected chi connectivity index (χ4v) is 1.55. The van der Waals surface area contributed by atoms with Crippen LogP contribution in [0.3, 0.4) is 0 Å². The number of hydrogen-bond acceptors (Lipinski definition) is 1. The molecule has 1 saturated carbocycles. The van der Waals surface area contributed by atoms with Crippen molar-refractivity contribution in [2.24, 2.45) is 11.8 Å². The van der Waals surface area contributed by atoms with Crippen LogP contribution >= 0.6 is 0 Å². The molecule has 1 N–H and O–H groups in total. The fourth-order valence-electron chi connectivity index (χ4n) is 1.55. The largest absolute Gasteiger partial charge is 0.314 e. The van der Waals surface area contributed by atoms with Crippen LogP contribution in [-0.2, 0) is 0 Å². The molecule has 1 aliphatic rings. The molecule has 0 aliphatic heterocycles. The summed E-state index contributed by atoms with van der Waals surface area (Å²) in [5.74, 6) is 1.85. The van der Waals surface area contributed by atoms with E-state index in [2.05, 4.69) is 26.1 Å². The Bertz CT molecular complexity index is 116. The van der Waals surface area contributed by atoms with E-state index in [9.17, 15) is 0 Å². The lowest BCUT2D eigenvalue weighted by atomic mass is 10.1. The summed E-state index contributed by atoms with van der Waals surface area (Å²) in [4.78, 5) is 0. The Balaban J connectivity index is 2.06. The first-order valence-corrected chi connectivity index (χ1v) is 5.45. The monoisotopic (exact) mass is 169 g/mol. The highest BCUT2D eigenvalue weighted by Gasteiger charge is 2.24. The van der Waals surface area contributed by atoms with Gasteiger partial charge in [0.15, 0.2) is 0 Å². The van der Waals surface area contributed by atoms with Crippen LogP contribution in [0.4, 0.5) is 0 Å². The summed E-state index contributed by atoms with van der Waals surface area (Å²) in [7, 11) is 0. The number of hydrogen-bond donors (Lipinski definition) is 1. The molecule has 0 amide bonds. The highest BCUT2D eigenvalue weighted by Crippen LogP contribution is 2.33. The van der Waals surface area contributed by atoms with E-state index in [1.807, 2.05) is 0 Å². The van der Waals surface area contributed by atoms with Gasteiger partial charge in [0.05, 0.1) is 0 Å².